The first-order valence-electron chi connectivity index (χ1n) is 13.0. The van der Waals surface area contributed by atoms with E-state index in [1.807, 2.05) is 23.5 Å². The van der Waals surface area contributed by atoms with E-state index in [1.165, 1.54) is 23.1 Å². The summed E-state index contributed by atoms with van der Waals surface area (Å²) in [5.41, 5.74) is 0.444. The Morgan fingerprint density at radius 2 is 1.73 bits per heavy atom. The van der Waals surface area contributed by atoms with Crippen molar-refractivity contribution in [1.82, 2.24) is 19.6 Å². The number of sulfonamides is 1. The molecule has 5 rings (SSSR count). The fraction of sp³-hybridized carbons (Fsp3) is 0.321. The highest BCUT2D eigenvalue weighted by Gasteiger charge is 2.41. The number of imide groups is 1. The third-order valence-electron chi connectivity index (χ3n) is 7.37. The largest absolute Gasteiger partial charge is 0.351 e. The van der Waals surface area contributed by atoms with Crippen molar-refractivity contribution in [2.75, 3.05) is 18.0 Å². The summed E-state index contributed by atoms with van der Waals surface area (Å²) in [5.74, 6) is -2.01. The van der Waals surface area contributed by atoms with Gasteiger partial charge in [-0.2, -0.15) is 12.8 Å². The van der Waals surface area contributed by atoms with Crippen molar-refractivity contribution in [3.63, 3.8) is 0 Å². The van der Waals surface area contributed by atoms with Crippen molar-refractivity contribution in [1.29, 1.82) is 0 Å². The Hall–Kier alpha value is -3.71. The standard InChI is InChI=1S/C28H27BrFN5O5S/c1-28(2)15-17(7-6-14-34-26(37)18-8-3-4-9-19(18)27(34)38)16-35(28)24-20(12-13-21(29)31-24)25(36)33-41(39,40)23-11-5-10-22(30)32-23/h3-5,8-13,17H,6-7,14-16H2,1-2H3,(H,33,36)/t17-/m0/s1. The van der Waals surface area contributed by atoms with Crippen LogP contribution in [0.25, 0.3) is 0 Å². The quantitative estimate of drug-likeness (QED) is 0.286. The van der Waals surface area contributed by atoms with Gasteiger partial charge in [-0.1, -0.05) is 18.2 Å². The van der Waals surface area contributed by atoms with Crippen LogP contribution < -0.4 is 9.62 Å². The van der Waals surface area contributed by atoms with Crippen LogP contribution in [0.1, 0.15) is 64.2 Å². The zero-order valence-electron chi connectivity index (χ0n) is 22.3. The van der Waals surface area contributed by atoms with Crippen molar-refractivity contribution >= 4 is 49.5 Å². The molecule has 0 unspecified atom stereocenters. The Labute approximate surface area is 245 Å². The summed E-state index contributed by atoms with van der Waals surface area (Å²) in [6.07, 6.45) is 2.08. The third kappa shape index (κ3) is 5.73. The molecular formula is C28H27BrFN5O5S. The SMILES string of the molecule is CC1(C)C[C@H](CCCN2C(=O)c3ccccc3C2=O)CN1c1nc(Br)ccc1C(=O)NS(=O)(=O)c1cccc(F)n1. The molecule has 1 N–H and O–H groups in total. The second kappa shape index (κ2) is 10.9. The van der Waals surface area contributed by atoms with Crippen LogP contribution in [0.3, 0.4) is 0 Å². The number of nitrogens with zero attached hydrogens (tertiary/aromatic N) is 4. The molecule has 3 amide bonds. The lowest BCUT2D eigenvalue weighted by Gasteiger charge is -2.33. The molecule has 4 heterocycles. The van der Waals surface area contributed by atoms with Gasteiger partial charge in [-0.15, -0.1) is 0 Å². The molecule has 2 aliphatic heterocycles. The van der Waals surface area contributed by atoms with E-state index in [2.05, 4.69) is 25.9 Å². The first-order chi connectivity index (χ1) is 19.4. The number of pyridine rings is 2. The Kier molecular flexibility index (Phi) is 7.68. The summed E-state index contributed by atoms with van der Waals surface area (Å²) in [6, 6.07) is 13.1. The second-order valence-electron chi connectivity index (χ2n) is 10.7. The molecule has 0 spiro atoms. The first-order valence-corrected chi connectivity index (χ1v) is 15.2. The highest BCUT2D eigenvalue weighted by molar-refractivity contribution is 9.10. The van der Waals surface area contributed by atoms with Gasteiger partial charge in [0.1, 0.15) is 10.4 Å². The van der Waals surface area contributed by atoms with E-state index in [0.29, 0.717) is 41.1 Å². The summed E-state index contributed by atoms with van der Waals surface area (Å²) in [7, 11) is -4.44. The van der Waals surface area contributed by atoms with Crippen LogP contribution in [-0.4, -0.2) is 59.6 Å². The minimum Gasteiger partial charge on any atom is -0.351 e. The van der Waals surface area contributed by atoms with Gasteiger partial charge in [0.15, 0.2) is 5.03 Å². The fourth-order valence-electron chi connectivity index (χ4n) is 5.51. The van der Waals surface area contributed by atoms with Crippen LogP contribution in [0.4, 0.5) is 10.2 Å². The van der Waals surface area contributed by atoms with E-state index in [0.717, 1.165) is 25.0 Å². The van der Waals surface area contributed by atoms with Crippen molar-refractivity contribution in [3.05, 3.63) is 81.8 Å². The maximum absolute atomic E-state index is 13.5. The highest BCUT2D eigenvalue weighted by Crippen LogP contribution is 2.40. The zero-order valence-corrected chi connectivity index (χ0v) is 24.7. The number of halogens is 2. The molecule has 41 heavy (non-hydrogen) atoms. The summed E-state index contributed by atoms with van der Waals surface area (Å²) >= 11 is 3.35. The van der Waals surface area contributed by atoms with Gasteiger partial charge in [-0.25, -0.2) is 14.7 Å². The molecule has 214 valence electrons. The lowest BCUT2D eigenvalue weighted by Crippen LogP contribution is -2.41. The number of rotatable bonds is 8. The maximum atomic E-state index is 13.5. The molecular weight excluding hydrogens is 617 g/mol. The van der Waals surface area contributed by atoms with Gasteiger partial charge in [0.2, 0.25) is 5.95 Å². The van der Waals surface area contributed by atoms with E-state index >= 15 is 0 Å². The first kappa shape index (κ1) is 28.8. The lowest BCUT2D eigenvalue weighted by molar-refractivity contribution is 0.0649. The Balaban J connectivity index is 1.29. The van der Waals surface area contributed by atoms with Gasteiger partial charge in [-0.05, 0) is 91.4 Å². The molecule has 10 nitrogen and oxygen atoms in total. The number of aromatic nitrogens is 2. The minimum atomic E-state index is -4.44. The van der Waals surface area contributed by atoms with Gasteiger partial charge in [-0.3, -0.25) is 19.3 Å². The number of hydrogen-bond donors (Lipinski definition) is 1. The van der Waals surface area contributed by atoms with Crippen LogP contribution in [0.15, 0.2) is 64.2 Å². The Morgan fingerprint density at radius 3 is 2.39 bits per heavy atom. The average molecular weight is 645 g/mol. The normalized spacial score (nSPS) is 18.1. The molecule has 1 fully saturated rings. The van der Waals surface area contributed by atoms with Crippen molar-refractivity contribution < 1.29 is 27.2 Å². The minimum absolute atomic E-state index is 0.0351. The number of nitrogens with one attached hydrogen (secondary N) is 1. The number of amides is 3. The molecule has 2 aromatic heterocycles. The molecule has 1 saturated heterocycles. The number of anilines is 1. The summed E-state index contributed by atoms with van der Waals surface area (Å²) in [6.45, 7) is 4.85. The lowest BCUT2D eigenvalue weighted by atomic mass is 9.93. The van der Waals surface area contributed by atoms with Crippen LogP contribution in [0, 0.1) is 11.9 Å². The van der Waals surface area contributed by atoms with Gasteiger partial charge in [0.25, 0.3) is 27.7 Å². The summed E-state index contributed by atoms with van der Waals surface area (Å²) in [5, 5.41) is -0.614. The monoisotopic (exact) mass is 643 g/mol. The van der Waals surface area contributed by atoms with Crippen molar-refractivity contribution in [2.45, 2.75) is 43.7 Å². The number of benzene rings is 1. The van der Waals surface area contributed by atoms with E-state index in [-0.39, 0.29) is 23.3 Å². The van der Waals surface area contributed by atoms with Crippen molar-refractivity contribution in [3.8, 4) is 0 Å². The maximum Gasteiger partial charge on any atom is 0.281 e. The Bertz CT molecular complexity index is 1630. The number of hydrogen-bond acceptors (Lipinski definition) is 8. The van der Waals surface area contributed by atoms with Crippen LogP contribution in [-0.2, 0) is 10.0 Å². The molecule has 1 aromatic carbocycles. The van der Waals surface area contributed by atoms with E-state index in [1.54, 1.807) is 24.3 Å². The average Bonchev–Trinajstić information content (AvgIpc) is 3.35. The fourth-order valence-corrected chi connectivity index (χ4v) is 6.73. The molecule has 2 aliphatic rings. The van der Waals surface area contributed by atoms with E-state index in [4.69, 9.17) is 0 Å². The smallest absolute Gasteiger partial charge is 0.281 e. The van der Waals surface area contributed by atoms with Gasteiger partial charge >= 0.3 is 0 Å². The van der Waals surface area contributed by atoms with E-state index in [9.17, 15) is 27.2 Å². The van der Waals surface area contributed by atoms with Crippen LogP contribution in [0.5, 0.6) is 0 Å². The number of carbonyl (C=O) groups is 3. The molecule has 0 bridgehead atoms. The Morgan fingerprint density at radius 1 is 1.05 bits per heavy atom. The predicted molar refractivity (Wildman–Crippen MR) is 151 cm³/mol. The summed E-state index contributed by atoms with van der Waals surface area (Å²) in [4.78, 5) is 49.7. The summed E-state index contributed by atoms with van der Waals surface area (Å²) < 4.78 is 41.4. The molecule has 0 saturated carbocycles. The van der Waals surface area contributed by atoms with Crippen LogP contribution in [0.2, 0.25) is 0 Å². The molecule has 13 heteroatoms. The molecule has 1 atom stereocenters. The molecule has 0 aliphatic carbocycles. The number of fused-ring (bicyclic) bond motifs is 1. The van der Waals surface area contributed by atoms with Gasteiger partial charge in [0, 0.05) is 18.6 Å². The van der Waals surface area contributed by atoms with Crippen molar-refractivity contribution in [2.24, 2.45) is 5.92 Å². The highest BCUT2D eigenvalue weighted by atomic mass is 79.9. The molecule has 3 aromatic rings. The second-order valence-corrected chi connectivity index (χ2v) is 13.1. The number of carbonyl (C=O) groups excluding carboxylic acids is 3. The third-order valence-corrected chi connectivity index (χ3v) is 9.04. The molecule has 0 radical (unpaired) electrons. The van der Waals surface area contributed by atoms with Crippen LogP contribution >= 0.6 is 15.9 Å². The topological polar surface area (TPSA) is 130 Å². The zero-order chi connectivity index (χ0) is 29.5. The predicted octanol–water partition coefficient (Wildman–Crippen LogP) is 4.18. The van der Waals surface area contributed by atoms with E-state index < -0.39 is 32.4 Å². The van der Waals surface area contributed by atoms with Gasteiger partial charge in [0.05, 0.1) is 16.7 Å². The van der Waals surface area contributed by atoms with Gasteiger partial charge < -0.3 is 4.90 Å².